The summed E-state index contributed by atoms with van der Waals surface area (Å²) in [6.45, 7) is 5.27. The molecule has 1 amide bonds. The molecule has 5 nitrogen and oxygen atoms in total. The maximum absolute atomic E-state index is 12.4. The molecular formula is C20H28N4O. The van der Waals surface area contributed by atoms with Crippen LogP contribution in [0.2, 0.25) is 0 Å². The topological polar surface area (TPSA) is 61.0 Å². The monoisotopic (exact) mass is 340 g/mol. The van der Waals surface area contributed by atoms with Crippen molar-refractivity contribution in [3.05, 3.63) is 29.6 Å². The Kier molecular flexibility index (Phi) is 4.75. The Labute approximate surface area is 149 Å². The van der Waals surface area contributed by atoms with Crippen LogP contribution in [0, 0.1) is 12.8 Å². The number of aryl methyl sites for hydroxylation is 1. The smallest absolute Gasteiger partial charge is 0.224 e. The van der Waals surface area contributed by atoms with Gasteiger partial charge in [-0.3, -0.25) is 4.79 Å². The van der Waals surface area contributed by atoms with Crippen LogP contribution < -0.4 is 5.32 Å². The minimum Gasteiger partial charge on any atom is -0.355 e. The molecular weight excluding hydrogens is 312 g/mol. The van der Waals surface area contributed by atoms with Gasteiger partial charge in [0, 0.05) is 12.6 Å². The molecule has 25 heavy (non-hydrogen) atoms. The quantitative estimate of drug-likeness (QED) is 0.900. The van der Waals surface area contributed by atoms with Gasteiger partial charge in [-0.1, -0.05) is 12.5 Å². The molecule has 2 aromatic rings. The van der Waals surface area contributed by atoms with Gasteiger partial charge in [-0.15, -0.1) is 0 Å². The van der Waals surface area contributed by atoms with E-state index in [1.165, 1.54) is 45.2 Å². The van der Waals surface area contributed by atoms with Crippen molar-refractivity contribution >= 4 is 16.9 Å². The molecule has 0 unspecified atom stereocenters. The molecule has 3 heterocycles. The van der Waals surface area contributed by atoms with E-state index in [-0.39, 0.29) is 5.91 Å². The molecule has 0 saturated carbocycles. The summed E-state index contributed by atoms with van der Waals surface area (Å²) in [5.41, 5.74) is 3.01. The van der Waals surface area contributed by atoms with Gasteiger partial charge in [-0.25, -0.2) is 4.98 Å². The lowest BCUT2D eigenvalue weighted by atomic mass is 9.83. The SMILES string of the molecule is Cc1nc2ccc(CC(=O)NC[C@@H]3CCCN4CCCC[C@H]34)cc2[nH]1. The number of aromatic nitrogens is 2. The second-order valence-corrected chi connectivity index (χ2v) is 7.66. The van der Waals surface area contributed by atoms with E-state index in [2.05, 4.69) is 20.2 Å². The number of nitrogens with one attached hydrogen (secondary N) is 2. The van der Waals surface area contributed by atoms with Crippen molar-refractivity contribution in [2.24, 2.45) is 5.92 Å². The third-order valence-corrected chi connectivity index (χ3v) is 5.82. The van der Waals surface area contributed by atoms with Gasteiger partial charge in [-0.2, -0.15) is 0 Å². The molecule has 5 heteroatoms. The molecule has 2 N–H and O–H groups in total. The van der Waals surface area contributed by atoms with Crippen LogP contribution in [0.4, 0.5) is 0 Å². The van der Waals surface area contributed by atoms with E-state index in [1.807, 2.05) is 25.1 Å². The van der Waals surface area contributed by atoms with E-state index in [0.717, 1.165) is 29.0 Å². The molecule has 0 aliphatic carbocycles. The first-order chi connectivity index (χ1) is 12.2. The van der Waals surface area contributed by atoms with Crippen LogP contribution in [-0.2, 0) is 11.2 Å². The molecule has 1 aromatic carbocycles. The number of amides is 1. The Morgan fingerprint density at radius 3 is 3.08 bits per heavy atom. The average Bonchev–Trinajstić information content (AvgIpc) is 2.99. The number of imidazole rings is 1. The summed E-state index contributed by atoms with van der Waals surface area (Å²) in [6.07, 6.45) is 6.94. The molecule has 134 valence electrons. The van der Waals surface area contributed by atoms with Crippen LogP contribution in [0.1, 0.15) is 43.5 Å². The second kappa shape index (κ2) is 7.16. The van der Waals surface area contributed by atoms with Crippen molar-refractivity contribution < 1.29 is 4.79 Å². The van der Waals surface area contributed by atoms with Crippen molar-refractivity contribution in [3.8, 4) is 0 Å². The molecule has 0 radical (unpaired) electrons. The van der Waals surface area contributed by atoms with Gasteiger partial charge in [0.2, 0.25) is 5.91 Å². The average molecular weight is 340 g/mol. The lowest BCUT2D eigenvalue weighted by Gasteiger charge is -2.44. The van der Waals surface area contributed by atoms with Gasteiger partial charge in [-0.05, 0) is 69.3 Å². The van der Waals surface area contributed by atoms with Crippen LogP contribution in [0.5, 0.6) is 0 Å². The number of rotatable bonds is 4. The number of benzene rings is 1. The van der Waals surface area contributed by atoms with E-state index in [4.69, 9.17) is 0 Å². The molecule has 1 aromatic heterocycles. The minimum absolute atomic E-state index is 0.128. The van der Waals surface area contributed by atoms with Crippen molar-refractivity contribution in [2.75, 3.05) is 19.6 Å². The van der Waals surface area contributed by atoms with Crippen LogP contribution >= 0.6 is 0 Å². The Morgan fingerprint density at radius 1 is 1.28 bits per heavy atom. The van der Waals surface area contributed by atoms with Gasteiger partial charge in [0.15, 0.2) is 0 Å². The summed E-state index contributed by atoms with van der Waals surface area (Å²) in [5, 5.41) is 3.20. The van der Waals surface area contributed by atoms with E-state index >= 15 is 0 Å². The number of fused-ring (bicyclic) bond motifs is 2. The summed E-state index contributed by atoms with van der Waals surface area (Å²) >= 11 is 0. The number of H-pyrrole nitrogens is 1. The lowest BCUT2D eigenvalue weighted by Crippen LogP contribution is -2.51. The normalized spacial score (nSPS) is 24.2. The van der Waals surface area contributed by atoms with Crippen molar-refractivity contribution in [1.82, 2.24) is 20.2 Å². The van der Waals surface area contributed by atoms with Crippen LogP contribution in [0.3, 0.4) is 0 Å². The summed E-state index contributed by atoms with van der Waals surface area (Å²) in [5.74, 6) is 1.66. The fourth-order valence-corrected chi connectivity index (χ4v) is 4.60. The number of nitrogens with zero attached hydrogens (tertiary/aromatic N) is 2. The zero-order valence-electron chi connectivity index (χ0n) is 15.1. The molecule has 0 spiro atoms. The van der Waals surface area contributed by atoms with Crippen LogP contribution in [0.25, 0.3) is 11.0 Å². The number of carbonyl (C=O) groups excluding carboxylic acids is 1. The summed E-state index contributed by atoms with van der Waals surface area (Å²) in [4.78, 5) is 22.7. The fraction of sp³-hybridized carbons (Fsp3) is 0.600. The molecule has 2 saturated heterocycles. The van der Waals surface area contributed by atoms with Crippen LogP contribution in [-0.4, -0.2) is 46.5 Å². The van der Waals surface area contributed by atoms with E-state index in [1.54, 1.807) is 0 Å². The lowest BCUT2D eigenvalue weighted by molar-refractivity contribution is -0.120. The largest absolute Gasteiger partial charge is 0.355 e. The zero-order valence-corrected chi connectivity index (χ0v) is 15.1. The Balaban J connectivity index is 1.33. The summed E-state index contributed by atoms with van der Waals surface area (Å²) < 4.78 is 0. The van der Waals surface area contributed by atoms with Crippen molar-refractivity contribution in [1.29, 1.82) is 0 Å². The first-order valence-electron chi connectivity index (χ1n) is 9.65. The molecule has 2 aliphatic rings. The van der Waals surface area contributed by atoms with Gasteiger partial charge in [0.25, 0.3) is 0 Å². The number of piperidine rings is 2. The summed E-state index contributed by atoms with van der Waals surface area (Å²) in [7, 11) is 0. The van der Waals surface area contributed by atoms with E-state index in [0.29, 0.717) is 18.4 Å². The predicted molar refractivity (Wildman–Crippen MR) is 99.5 cm³/mol. The zero-order chi connectivity index (χ0) is 17.2. The first-order valence-corrected chi connectivity index (χ1v) is 9.65. The highest BCUT2D eigenvalue weighted by atomic mass is 16.1. The van der Waals surface area contributed by atoms with E-state index in [9.17, 15) is 4.79 Å². The van der Waals surface area contributed by atoms with Gasteiger partial charge >= 0.3 is 0 Å². The molecule has 2 atom stereocenters. The first kappa shape index (κ1) is 16.6. The van der Waals surface area contributed by atoms with Gasteiger partial charge < -0.3 is 15.2 Å². The molecule has 2 aliphatic heterocycles. The Hall–Kier alpha value is -1.88. The highest BCUT2D eigenvalue weighted by Gasteiger charge is 2.32. The number of hydrogen-bond donors (Lipinski definition) is 2. The maximum atomic E-state index is 12.4. The predicted octanol–water partition coefficient (Wildman–Crippen LogP) is 2.79. The third kappa shape index (κ3) is 3.71. The van der Waals surface area contributed by atoms with Crippen molar-refractivity contribution in [3.63, 3.8) is 0 Å². The van der Waals surface area contributed by atoms with Crippen molar-refractivity contribution in [2.45, 2.75) is 51.5 Å². The number of hydrogen-bond acceptors (Lipinski definition) is 3. The third-order valence-electron chi connectivity index (χ3n) is 5.82. The maximum Gasteiger partial charge on any atom is 0.224 e. The highest BCUT2D eigenvalue weighted by molar-refractivity contribution is 5.81. The molecule has 4 rings (SSSR count). The minimum atomic E-state index is 0.128. The van der Waals surface area contributed by atoms with Gasteiger partial charge in [0.1, 0.15) is 5.82 Å². The van der Waals surface area contributed by atoms with Crippen LogP contribution in [0.15, 0.2) is 18.2 Å². The second-order valence-electron chi connectivity index (χ2n) is 7.66. The van der Waals surface area contributed by atoms with E-state index < -0.39 is 0 Å². The number of carbonyl (C=O) groups is 1. The number of aromatic amines is 1. The van der Waals surface area contributed by atoms with Gasteiger partial charge in [0.05, 0.1) is 17.5 Å². The standard InChI is InChI=1S/C20H28N4O/c1-14-22-17-8-7-15(11-18(17)23-14)12-20(25)21-13-16-5-4-10-24-9-3-2-6-19(16)24/h7-8,11,16,19H,2-6,9-10,12-13H2,1H3,(H,21,25)(H,22,23)/t16-,19+/m0/s1. The fourth-order valence-electron chi connectivity index (χ4n) is 4.60. The summed E-state index contributed by atoms with van der Waals surface area (Å²) in [6, 6.07) is 6.72. The highest BCUT2D eigenvalue weighted by Crippen LogP contribution is 2.30. The Bertz CT molecular complexity index is 751. The molecule has 2 fully saturated rings. The molecule has 0 bridgehead atoms. The Morgan fingerprint density at radius 2 is 2.16 bits per heavy atom.